The fourth-order valence-corrected chi connectivity index (χ4v) is 2.51. The number of hydrogen-bond donors (Lipinski definition) is 3. The molecule has 0 aliphatic heterocycles. The van der Waals surface area contributed by atoms with E-state index >= 15 is 0 Å². The molecule has 0 saturated carbocycles. The lowest BCUT2D eigenvalue weighted by atomic mass is 9.83. The van der Waals surface area contributed by atoms with E-state index in [0.717, 1.165) is 5.56 Å². The van der Waals surface area contributed by atoms with E-state index in [1.807, 2.05) is 51.1 Å². The second kappa shape index (κ2) is 8.83. The Balaban J connectivity index is 2.93. The van der Waals surface area contributed by atoms with Gasteiger partial charge in [0, 0.05) is 13.3 Å². The number of carbonyl (C=O) groups excluding carboxylic acids is 2. The monoisotopic (exact) mass is 362 g/mol. The molecule has 3 N–H and O–H groups in total. The molecule has 26 heavy (non-hydrogen) atoms. The van der Waals surface area contributed by atoms with Crippen LogP contribution in [0, 0.1) is 5.41 Å². The van der Waals surface area contributed by atoms with Crippen LogP contribution in [0.1, 0.15) is 53.0 Å². The number of benzene rings is 1. The van der Waals surface area contributed by atoms with Crippen molar-refractivity contribution >= 4 is 17.8 Å². The summed E-state index contributed by atoms with van der Waals surface area (Å²) in [5.41, 5.74) is -0.562. The molecule has 0 aliphatic carbocycles. The molecule has 6 nitrogen and oxygen atoms in total. The maximum atomic E-state index is 12.7. The van der Waals surface area contributed by atoms with Crippen molar-refractivity contribution in [2.75, 3.05) is 0 Å². The quantitative estimate of drug-likeness (QED) is 0.662. The number of amides is 2. The van der Waals surface area contributed by atoms with Crippen LogP contribution in [0.25, 0.3) is 0 Å². The second-order valence-electron chi connectivity index (χ2n) is 8.13. The van der Waals surface area contributed by atoms with Gasteiger partial charge in [0.1, 0.15) is 11.6 Å². The standard InChI is InChI=1S/C20H30N2O4/c1-14(23)21-16(13-15-9-7-6-8-10-15)17(24)22-20(5,18(25)26)12-11-19(2,3)4/h6-10,16H,11-13H2,1-5H3,(H,21,23)(H,22,24)(H,25,26). The van der Waals surface area contributed by atoms with Crippen LogP contribution in [0.3, 0.4) is 0 Å². The molecule has 2 unspecified atom stereocenters. The molecule has 1 aromatic rings. The van der Waals surface area contributed by atoms with Gasteiger partial charge in [-0.05, 0) is 30.7 Å². The van der Waals surface area contributed by atoms with Crippen molar-refractivity contribution in [3.05, 3.63) is 35.9 Å². The lowest BCUT2D eigenvalue weighted by molar-refractivity contribution is -0.147. The van der Waals surface area contributed by atoms with Crippen molar-refractivity contribution in [2.24, 2.45) is 5.41 Å². The molecular formula is C20H30N2O4. The van der Waals surface area contributed by atoms with Crippen LogP contribution in [0.5, 0.6) is 0 Å². The van der Waals surface area contributed by atoms with E-state index in [-0.39, 0.29) is 11.3 Å². The van der Waals surface area contributed by atoms with E-state index in [1.54, 1.807) is 0 Å². The summed E-state index contributed by atoms with van der Waals surface area (Å²) >= 11 is 0. The summed E-state index contributed by atoms with van der Waals surface area (Å²) in [6.07, 6.45) is 1.23. The Morgan fingerprint density at radius 3 is 2.08 bits per heavy atom. The van der Waals surface area contributed by atoms with Gasteiger partial charge in [0.15, 0.2) is 0 Å². The first-order chi connectivity index (χ1) is 11.9. The molecule has 6 heteroatoms. The zero-order valence-corrected chi connectivity index (χ0v) is 16.3. The Morgan fingerprint density at radius 2 is 1.62 bits per heavy atom. The number of carbonyl (C=O) groups is 3. The van der Waals surface area contributed by atoms with Crippen LogP contribution >= 0.6 is 0 Å². The number of rotatable bonds is 8. The first kappa shape index (κ1) is 21.7. The number of nitrogens with one attached hydrogen (secondary N) is 2. The zero-order valence-electron chi connectivity index (χ0n) is 16.3. The summed E-state index contributed by atoms with van der Waals surface area (Å²) in [4.78, 5) is 36.0. The summed E-state index contributed by atoms with van der Waals surface area (Å²) in [5, 5.41) is 14.9. The third-order valence-electron chi connectivity index (χ3n) is 4.22. The average molecular weight is 362 g/mol. The van der Waals surface area contributed by atoms with Crippen LogP contribution in [0.4, 0.5) is 0 Å². The zero-order chi connectivity index (χ0) is 20.0. The Kier molecular flexibility index (Phi) is 7.36. The van der Waals surface area contributed by atoms with Crippen LogP contribution in [0.2, 0.25) is 0 Å². The highest BCUT2D eigenvalue weighted by Crippen LogP contribution is 2.26. The van der Waals surface area contributed by atoms with Gasteiger partial charge in [0.25, 0.3) is 0 Å². The van der Waals surface area contributed by atoms with E-state index in [0.29, 0.717) is 19.3 Å². The summed E-state index contributed by atoms with van der Waals surface area (Å²) in [6, 6.07) is 8.45. The van der Waals surface area contributed by atoms with Gasteiger partial charge in [-0.1, -0.05) is 51.1 Å². The third kappa shape index (κ3) is 7.25. The molecule has 0 bridgehead atoms. The van der Waals surface area contributed by atoms with Gasteiger partial charge < -0.3 is 15.7 Å². The minimum absolute atomic E-state index is 0.0531. The molecule has 0 aromatic heterocycles. The number of hydrogen-bond acceptors (Lipinski definition) is 3. The van der Waals surface area contributed by atoms with Gasteiger partial charge in [-0.3, -0.25) is 9.59 Å². The van der Waals surface area contributed by atoms with Crippen molar-refractivity contribution in [1.29, 1.82) is 0 Å². The smallest absolute Gasteiger partial charge is 0.329 e. The van der Waals surface area contributed by atoms with Crippen LogP contribution in [-0.2, 0) is 20.8 Å². The largest absolute Gasteiger partial charge is 0.480 e. The molecule has 0 saturated heterocycles. The number of carboxylic acid groups (broad SMARTS) is 1. The summed E-state index contributed by atoms with van der Waals surface area (Å²) in [6.45, 7) is 8.90. The average Bonchev–Trinajstić information content (AvgIpc) is 2.52. The van der Waals surface area contributed by atoms with E-state index in [2.05, 4.69) is 10.6 Å². The highest BCUT2D eigenvalue weighted by molar-refractivity contribution is 5.91. The first-order valence-corrected chi connectivity index (χ1v) is 8.79. The minimum Gasteiger partial charge on any atom is -0.480 e. The third-order valence-corrected chi connectivity index (χ3v) is 4.22. The molecule has 0 fully saturated rings. The molecule has 1 rings (SSSR count). The second-order valence-corrected chi connectivity index (χ2v) is 8.13. The van der Waals surface area contributed by atoms with Crippen LogP contribution in [-0.4, -0.2) is 34.5 Å². The number of aliphatic carboxylic acids is 1. The summed E-state index contributed by atoms with van der Waals surface area (Å²) in [7, 11) is 0. The lowest BCUT2D eigenvalue weighted by Crippen LogP contribution is -2.58. The van der Waals surface area contributed by atoms with Crippen molar-refractivity contribution in [3.63, 3.8) is 0 Å². The van der Waals surface area contributed by atoms with Crippen LogP contribution < -0.4 is 10.6 Å². The SMILES string of the molecule is CC(=O)NC(Cc1ccccc1)C(=O)NC(C)(CCC(C)(C)C)C(=O)O. The van der Waals surface area contributed by atoms with Gasteiger partial charge in [-0.15, -0.1) is 0 Å². The van der Waals surface area contributed by atoms with E-state index in [4.69, 9.17) is 0 Å². The molecule has 2 atom stereocenters. The fraction of sp³-hybridized carbons (Fsp3) is 0.550. The van der Waals surface area contributed by atoms with Crippen molar-refractivity contribution in [1.82, 2.24) is 10.6 Å². The Hall–Kier alpha value is -2.37. The van der Waals surface area contributed by atoms with Crippen molar-refractivity contribution in [2.45, 2.75) is 65.5 Å². The molecule has 144 valence electrons. The summed E-state index contributed by atoms with van der Waals surface area (Å²) < 4.78 is 0. The molecule has 0 heterocycles. The van der Waals surface area contributed by atoms with Crippen LogP contribution in [0.15, 0.2) is 30.3 Å². The fourth-order valence-electron chi connectivity index (χ4n) is 2.51. The Bertz CT molecular complexity index is 637. The maximum Gasteiger partial charge on any atom is 0.329 e. The van der Waals surface area contributed by atoms with Gasteiger partial charge in [-0.2, -0.15) is 0 Å². The number of carboxylic acids is 1. The maximum absolute atomic E-state index is 12.7. The predicted octanol–water partition coefficient (Wildman–Crippen LogP) is 2.52. The molecule has 0 spiro atoms. The molecular weight excluding hydrogens is 332 g/mol. The van der Waals surface area contributed by atoms with Gasteiger partial charge in [0.05, 0.1) is 0 Å². The van der Waals surface area contributed by atoms with E-state index < -0.39 is 23.5 Å². The lowest BCUT2D eigenvalue weighted by Gasteiger charge is -2.31. The van der Waals surface area contributed by atoms with Crippen molar-refractivity contribution in [3.8, 4) is 0 Å². The van der Waals surface area contributed by atoms with Gasteiger partial charge in [-0.25, -0.2) is 4.79 Å². The summed E-state index contributed by atoms with van der Waals surface area (Å²) in [5.74, 6) is -1.92. The normalized spacial score (nSPS) is 14.8. The topological polar surface area (TPSA) is 95.5 Å². The Labute approximate surface area is 155 Å². The molecule has 0 aliphatic rings. The van der Waals surface area contributed by atoms with E-state index in [9.17, 15) is 19.5 Å². The highest BCUT2D eigenvalue weighted by atomic mass is 16.4. The molecule has 0 radical (unpaired) electrons. The van der Waals surface area contributed by atoms with Gasteiger partial charge in [0.2, 0.25) is 11.8 Å². The van der Waals surface area contributed by atoms with Gasteiger partial charge >= 0.3 is 5.97 Å². The highest BCUT2D eigenvalue weighted by Gasteiger charge is 2.37. The first-order valence-electron chi connectivity index (χ1n) is 8.79. The molecule has 1 aromatic carbocycles. The van der Waals surface area contributed by atoms with Crippen molar-refractivity contribution < 1.29 is 19.5 Å². The molecule has 2 amide bonds. The predicted molar refractivity (Wildman–Crippen MR) is 101 cm³/mol. The minimum atomic E-state index is -1.39. The van der Waals surface area contributed by atoms with E-state index in [1.165, 1.54) is 13.8 Å². The Morgan fingerprint density at radius 1 is 1.04 bits per heavy atom.